The minimum Gasteiger partial charge on any atom is -0.320 e. The second kappa shape index (κ2) is 4.32. The molecule has 0 saturated carbocycles. The van der Waals surface area contributed by atoms with Crippen molar-refractivity contribution in [2.24, 2.45) is 5.73 Å². The van der Waals surface area contributed by atoms with Crippen LogP contribution in [0.5, 0.6) is 0 Å². The zero-order valence-corrected chi connectivity index (χ0v) is 6.58. The van der Waals surface area contributed by atoms with Gasteiger partial charge in [-0.2, -0.15) is 0 Å². The van der Waals surface area contributed by atoms with E-state index in [1.165, 1.54) is 0 Å². The summed E-state index contributed by atoms with van der Waals surface area (Å²) in [5.41, 5.74) is 6.55. The molecule has 1 aromatic carbocycles. The molecular weight excluding hydrogens is 150 g/mol. The van der Waals surface area contributed by atoms with Gasteiger partial charge in [0.2, 0.25) is 0 Å². The fraction of sp³-hybridized carbons (Fsp3) is 0.100. The number of carbonyl (C=O) groups excluding carboxylic acids is 1. The molecule has 0 atom stereocenters. The van der Waals surface area contributed by atoms with E-state index in [2.05, 4.69) is 11.8 Å². The Kier molecular flexibility index (Phi) is 3.06. The van der Waals surface area contributed by atoms with Gasteiger partial charge in [-0.05, 0) is 6.07 Å². The maximum atomic E-state index is 10.5. The van der Waals surface area contributed by atoms with Gasteiger partial charge in [-0.15, -0.1) is 0 Å². The fourth-order valence-electron chi connectivity index (χ4n) is 0.860. The fourth-order valence-corrected chi connectivity index (χ4v) is 0.860. The van der Waals surface area contributed by atoms with Gasteiger partial charge < -0.3 is 5.73 Å². The van der Waals surface area contributed by atoms with Crippen molar-refractivity contribution in [3.8, 4) is 11.8 Å². The standard InChI is InChI=1S/C10H9NO/c11-7-3-6-9-4-1-2-5-10(9)8-12/h1-2,4-5,8H,7,11H2. The predicted octanol–water partition coefficient (Wildman–Crippen LogP) is 0.809. The first-order chi connectivity index (χ1) is 5.88. The lowest BCUT2D eigenvalue weighted by atomic mass is 10.1. The Morgan fingerprint density at radius 2 is 2.17 bits per heavy atom. The summed E-state index contributed by atoms with van der Waals surface area (Å²) in [5.74, 6) is 5.52. The molecule has 60 valence electrons. The van der Waals surface area contributed by atoms with E-state index in [1.54, 1.807) is 18.2 Å². The average Bonchev–Trinajstić information content (AvgIpc) is 2.15. The highest BCUT2D eigenvalue weighted by Gasteiger charge is 1.94. The van der Waals surface area contributed by atoms with Crippen molar-refractivity contribution < 1.29 is 4.79 Å². The normalized spacial score (nSPS) is 8.42. The molecule has 0 aliphatic carbocycles. The van der Waals surface area contributed by atoms with E-state index in [0.717, 1.165) is 11.8 Å². The van der Waals surface area contributed by atoms with Gasteiger partial charge in [-0.25, -0.2) is 0 Å². The topological polar surface area (TPSA) is 43.1 Å². The van der Waals surface area contributed by atoms with Crippen LogP contribution in [0.3, 0.4) is 0 Å². The lowest BCUT2D eigenvalue weighted by Crippen LogP contribution is -1.94. The SMILES string of the molecule is NCC#Cc1ccccc1C=O. The van der Waals surface area contributed by atoms with Crippen molar-refractivity contribution in [3.63, 3.8) is 0 Å². The van der Waals surface area contributed by atoms with Gasteiger partial charge in [0, 0.05) is 11.1 Å². The van der Waals surface area contributed by atoms with Gasteiger partial charge in [-0.3, -0.25) is 4.79 Å². The third-order valence-electron chi connectivity index (χ3n) is 1.41. The minimum absolute atomic E-state index is 0.313. The monoisotopic (exact) mass is 159 g/mol. The molecule has 0 radical (unpaired) electrons. The van der Waals surface area contributed by atoms with E-state index in [-0.39, 0.29) is 0 Å². The minimum atomic E-state index is 0.313. The molecule has 0 bridgehead atoms. The molecule has 0 amide bonds. The van der Waals surface area contributed by atoms with Gasteiger partial charge in [-0.1, -0.05) is 30.0 Å². The summed E-state index contributed by atoms with van der Waals surface area (Å²) >= 11 is 0. The van der Waals surface area contributed by atoms with E-state index in [4.69, 9.17) is 5.73 Å². The number of rotatable bonds is 1. The molecule has 0 unspecified atom stereocenters. The first kappa shape index (κ1) is 8.51. The Morgan fingerprint density at radius 1 is 1.42 bits per heavy atom. The van der Waals surface area contributed by atoms with E-state index in [0.29, 0.717) is 12.1 Å². The van der Waals surface area contributed by atoms with Crippen LogP contribution in [-0.2, 0) is 0 Å². The molecule has 1 rings (SSSR count). The number of nitrogens with two attached hydrogens (primary N) is 1. The first-order valence-corrected chi connectivity index (χ1v) is 3.61. The molecule has 0 aliphatic heterocycles. The molecule has 0 fully saturated rings. The van der Waals surface area contributed by atoms with Gasteiger partial charge in [0.15, 0.2) is 6.29 Å². The molecule has 2 N–H and O–H groups in total. The van der Waals surface area contributed by atoms with E-state index in [1.807, 2.05) is 6.07 Å². The predicted molar refractivity (Wildman–Crippen MR) is 47.8 cm³/mol. The Bertz CT molecular complexity index is 333. The highest BCUT2D eigenvalue weighted by Crippen LogP contribution is 2.03. The quantitative estimate of drug-likeness (QED) is 0.486. The van der Waals surface area contributed by atoms with E-state index < -0.39 is 0 Å². The smallest absolute Gasteiger partial charge is 0.151 e. The van der Waals surface area contributed by atoms with Crippen LogP contribution in [0.15, 0.2) is 24.3 Å². The van der Waals surface area contributed by atoms with Gasteiger partial charge >= 0.3 is 0 Å². The van der Waals surface area contributed by atoms with Crippen LogP contribution in [-0.4, -0.2) is 12.8 Å². The molecule has 12 heavy (non-hydrogen) atoms. The highest BCUT2D eigenvalue weighted by atomic mass is 16.1. The Labute approximate surface area is 71.4 Å². The van der Waals surface area contributed by atoms with Crippen LogP contribution in [0.1, 0.15) is 15.9 Å². The largest absolute Gasteiger partial charge is 0.320 e. The lowest BCUT2D eigenvalue weighted by Gasteiger charge is -1.92. The molecule has 1 aromatic rings. The molecule has 0 aliphatic rings. The Hall–Kier alpha value is -1.59. The van der Waals surface area contributed by atoms with Crippen molar-refractivity contribution in [1.29, 1.82) is 0 Å². The zero-order chi connectivity index (χ0) is 8.81. The molecule has 0 saturated heterocycles. The molecule has 2 heteroatoms. The van der Waals surface area contributed by atoms with Crippen LogP contribution in [0, 0.1) is 11.8 Å². The second-order valence-corrected chi connectivity index (χ2v) is 2.21. The van der Waals surface area contributed by atoms with E-state index in [9.17, 15) is 4.79 Å². The van der Waals surface area contributed by atoms with E-state index >= 15 is 0 Å². The number of carbonyl (C=O) groups is 1. The average molecular weight is 159 g/mol. The maximum absolute atomic E-state index is 10.5. The maximum Gasteiger partial charge on any atom is 0.151 e. The molecule has 0 heterocycles. The summed E-state index contributed by atoms with van der Waals surface area (Å²) in [4.78, 5) is 10.5. The van der Waals surface area contributed by atoms with Crippen molar-refractivity contribution in [2.45, 2.75) is 0 Å². The third-order valence-corrected chi connectivity index (χ3v) is 1.41. The summed E-state index contributed by atoms with van der Waals surface area (Å²) in [6.07, 6.45) is 0.792. The third kappa shape index (κ3) is 1.94. The van der Waals surface area contributed by atoms with Crippen molar-refractivity contribution >= 4 is 6.29 Å². The van der Waals surface area contributed by atoms with Gasteiger partial charge in [0.1, 0.15) is 0 Å². The highest BCUT2D eigenvalue weighted by molar-refractivity contribution is 5.79. The summed E-state index contributed by atoms with van der Waals surface area (Å²) in [6.45, 7) is 0.313. The molecule has 0 spiro atoms. The number of hydrogen-bond donors (Lipinski definition) is 1. The van der Waals surface area contributed by atoms with Crippen molar-refractivity contribution in [3.05, 3.63) is 35.4 Å². The van der Waals surface area contributed by atoms with Gasteiger partial charge in [0.05, 0.1) is 6.54 Å². The first-order valence-electron chi connectivity index (χ1n) is 3.61. The van der Waals surface area contributed by atoms with Crippen LogP contribution in [0.4, 0.5) is 0 Å². The van der Waals surface area contributed by atoms with Crippen molar-refractivity contribution in [1.82, 2.24) is 0 Å². The summed E-state index contributed by atoms with van der Waals surface area (Å²) in [6, 6.07) is 7.17. The zero-order valence-electron chi connectivity index (χ0n) is 6.58. The second-order valence-electron chi connectivity index (χ2n) is 2.21. The Balaban J connectivity index is 3.05. The molecule has 0 aromatic heterocycles. The van der Waals surface area contributed by atoms with Crippen LogP contribution in [0.2, 0.25) is 0 Å². The summed E-state index contributed by atoms with van der Waals surface area (Å²) in [5, 5.41) is 0. The molecule has 2 nitrogen and oxygen atoms in total. The number of aldehydes is 1. The van der Waals surface area contributed by atoms with Gasteiger partial charge in [0.25, 0.3) is 0 Å². The lowest BCUT2D eigenvalue weighted by molar-refractivity contribution is 0.112. The van der Waals surface area contributed by atoms with Crippen LogP contribution in [0.25, 0.3) is 0 Å². The Morgan fingerprint density at radius 3 is 2.83 bits per heavy atom. The van der Waals surface area contributed by atoms with Crippen LogP contribution < -0.4 is 5.73 Å². The van der Waals surface area contributed by atoms with Crippen LogP contribution >= 0.6 is 0 Å². The number of hydrogen-bond acceptors (Lipinski definition) is 2. The van der Waals surface area contributed by atoms with Crippen molar-refractivity contribution in [2.75, 3.05) is 6.54 Å². The summed E-state index contributed by atoms with van der Waals surface area (Å²) < 4.78 is 0. The number of benzene rings is 1. The summed E-state index contributed by atoms with van der Waals surface area (Å²) in [7, 11) is 0. The molecular formula is C10H9NO.